The third kappa shape index (κ3) is 4.23. The van der Waals surface area contributed by atoms with Crippen molar-refractivity contribution in [3.63, 3.8) is 0 Å². The summed E-state index contributed by atoms with van der Waals surface area (Å²) in [6.45, 7) is 0.231. The molecule has 1 saturated heterocycles. The first kappa shape index (κ1) is 15.4. The van der Waals surface area contributed by atoms with Gasteiger partial charge in [-0.3, -0.25) is 14.9 Å². The van der Waals surface area contributed by atoms with Gasteiger partial charge in [0.25, 0.3) is 5.69 Å². The molecule has 0 aliphatic carbocycles. The zero-order valence-electron chi connectivity index (χ0n) is 11.1. The summed E-state index contributed by atoms with van der Waals surface area (Å²) in [7, 11) is -3.71. The number of nitrogens with one attached hydrogen (secondary N) is 2. The predicted octanol–water partition coefficient (Wildman–Crippen LogP) is 0.293. The highest BCUT2D eigenvalue weighted by molar-refractivity contribution is 7.88. The fraction of sp³-hybridized carbons (Fsp3) is 0.417. The predicted molar refractivity (Wildman–Crippen MR) is 74.9 cm³/mol. The number of carbonyl (C=O) groups is 1. The third-order valence-corrected chi connectivity index (χ3v) is 4.53. The van der Waals surface area contributed by atoms with Crippen molar-refractivity contribution >= 4 is 21.6 Å². The number of nitrogens with zero attached hydrogens (tertiary/aromatic N) is 1. The van der Waals surface area contributed by atoms with Crippen LogP contribution in [0.1, 0.15) is 18.4 Å². The van der Waals surface area contributed by atoms with Crippen LogP contribution < -0.4 is 10.0 Å². The summed E-state index contributed by atoms with van der Waals surface area (Å²) in [6.07, 6.45) is 0.681. The maximum absolute atomic E-state index is 12.1. The van der Waals surface area contributed by atoms with Crippen molar-refractivity contribution in [1.29, 1.82) is 0 Å². The fourth-order valence-corrected chi connectivity index (χ4v) is 3.59. The molecule has 0 radical (unpaired) electrons. The summed E-state index contributed by atoms with van der Waals surface area (Å²) in [6, 6.07) is 5.35. The van der Waals surface area contributed by atoms with E-state index in [0.717, 1.165) is 0 Å². The summed E-state index contributed by atoms with van der Waals surface area (Å²) in [5.74, 6) is -0.571. The molecule has 21 heavy (non-hydrogen) atoms. The number of carbonyl (C=O) groups excluding carboxylic acids is 1. The summed E-state index contributed by atoms with van der Waals surface area (Å²) >= 11 is 0. The molecule has 114 valence electrons. The molecular formula is C12H15N3O5S. The first-order chi connectivity index (χ1) is 9.87. The van der Waals surface area contributed by atoms with Crippen molar-refractivity contribution in [2.75, 3.05) is 6.54 Å². The second-order valence-electron chi connectivity index (χ2n) is 4.80. The van der Waals surface area contributed by atoms with Gasteiger partial charge in [0.2, 0.25) is 15.9 Å². The van der Waals surface area contributed by atoms with Crippen LogP contribution in [0, 0.1) is 10.1 Å². The van der Waals surface area contributed by atoms with Gasteiger partial charge in [0.15, 0.2) is 0 Å². The summed E-state index contributed by atoms with van der Waals surface area (Å²) < 4.78 is 26.6. The van der Waals surface area contributed by atoms with Crippen molar-refractivity contribution in [2.24, 2.45) is 0 Å². The molecule has 1 amide bonds. The third-order valence-electron chi connectivity index (χ3n) is 3.15. The van der Waals surface area contributed by atoms with E-state index in [1.54, 1.807) is 6.07 Å². The van der Waals surface area contributed by atoms with E-state index in [1.807, 2.05) is 0 Å². The van der Waals surface area contributed by atoms with E-state index < -0.39 is 20.7 Å². The number of sulfonamides is 1. The molecule has 1 aliphatic rings. The monoisotopic (exact) mass is 313 g/mol. The Kier molecular flexibility index (Phi) is 4.53. The maximum Gasteiger partial charge on any atom is 0.273 e. The molecule has 0 saturated carbocycles. The minimum absolute atomic E-state index is 0.107. The highest BCUT2D eigenvalue weighted by Crippen LogP contribution is 2.20. The zero-order chi connectivity index (χ0) is 15.5. The van der Waals surface area contributed by atoms with Crippen molar-refractivity contribution < 1.29 is 18.1 Å². The Bertz CT molecular complexity index is 649. The number of amides is 1. The van der Waals surface area contributed by atoms with Crippen molar-refractivity contribution in [2.45, 2.75) is 24.6 Å². The Labute approximate surface area is 121 Å². The first-order valence-electron chi connectivity index (χ1n) is 6.36. The van der Waals surface area contributed by atoms with Gasteiger partial charge in [-0.1, -0.05) is 18.2 Å². The van der Waals surface area contributed by atoms with E-state index in [4.69, 9.17) is 0 Å². The van der Waals surface area contributed by atoms with Crippen LogP contribution in [-0.2, 0) is 20.6 Å². The normalized spacial score (nSPS) is 19.0. The molecule has 1 aromatic rings. The molecule has 0 bridgehead atoms. The molecule has 1 heterocycles. The van der Waals surface area contributed by atoms with Crippen LogP contribution in [0.25, 0.3) is 0 Å². The molecule has 0 spiro atoms. The van der Waals surface area contributed by atoms with Crippen molar-refractivity contribution in [3.05, 3.63) is 39.9 Å². The largest absolute Gasteiger partial charge is 0.355 e. The Hall–Kier alpha value is -2.00. The van der Waals surface area contributed by atoms with Gasteiger partial charge in [-0.2, -0.15) is 0 Å². The van der Waals surface area contributed by atoms with Crippen LogP contribution in [0.15, 0.2) is 24.3 Å². The summed E-state index contributed by atoms with van der Waals surface area (Å²) in [4.78, 5) is 21.3. The second-order valence-corrected chi connectivity index (χ2v) is 6.56. The highest BCUT2D eigenvalue weighted by atomic mass is 32.2. The zero-order valence-corrected chi connectivity index (χ0v) is 11.9. The maximum atomic E-state index is 12.1. The Morgan fingerprint density at radius 2 is 2.10 bits per heavy atom. The Balaban J connectivity index is 2.08. The number of piperidine rings is 1. The van der Waals surface area contributed by atoms with Crippen LogP contribution >= 0.6 is 0 Å². The molecule has 2 rings (SSSR count). The quantitative estimate of drug-likeness (QED) is 0.598. The minimum Gasteiger partial charge on any atom is -0.355 e. The van der Waals surface area contributed by atoms with Gasteiger partial charge in [0, 0.05) is 30.6 Å². The number of rotatable bonds is 5. The van der Waals surface area contributed by atoms with Crippen molar-refractivity contribution in [1.82, 2.24) is 10.0 Å². The lowest BCUT2D eigenvalue weighted by molar-refractivity contribution is -0.385. The number of nitro benzene ring substituents is 1. The van der Waals surface area contributed by atoms with Gasteiger partial charge >= 0.3 is 0 Å². The molecule has 1 fully saturated rings. The van der Waals surface area contributed by atoms with Gasteiger partial charge < -0.3 is 5.32 Å². The molecule has 0 aromatic heterocycles. The lowest BCUT2D eigenvalue weighted by Gasteiger charge is -2.23. The van der Waals surface area contributed by atoms with Gasteiger partial charge in [-0.25, -0.2) is 13.1 Å². The highest BCUT2D eigenvalue weighted by Gasteiger charge is 2.25. The number of nitro groups is 1. The van der Waals surface area contributed by atoms with Crippen LogP contribution in [-0.4, -0.2) is 31.8 Å². The van der Waals surface area contributed by atoms with E-state index in [1.165, 1.54) is 18.2 Å². The van der Waals surface area contributed by atoms with Crippen molar-refractivity contribution in [3.8, 4) is 0 Å². The molecule has 1 aromatic carbocycles. The molecule has 1 unspecified atom stereocenters. The summed E-state index contributed by atoms with van der Waals surface area (Å²) in [5, 5.41) is 13.5. The van der Waals surface area contributed by atoms with Crippen LogP contribution in [0.3, 0.4) is 0 Å². The molecule has 1 atom stereocenters. The molecule has 8 nitrogen and oxygen atoms in total. The Morgan fingerprint density at radius 1 is 1.38 bits per heavy atom. The van der Waals surface area contributed by atoms with Gasteiger partial charge in [-0.15, -0.1) is 0 Å². The molecule has 2 N–H and O–H groups in total. The van der Waals surface area contributed by atoms with E-state index in [2.05, 4.69) is 10.0 Å². The SMILES string of the molecule is O=C1CCC(NS(=O)(=O)Cc2ccccc2[N+](=O)[O-])CN1. The Morgan fingerprint density at radius 3 is 2.71 bits per heavy atom. The molecule has 9 heteroatoms. The standard InChI is InChI=1S/C12H15N3O5S/c16-12-6-5-10(7-13-12)14-21(19,20)8-9-3-1-2-4-11(9)15(17)18/h1-4,10,14H,5-8H2,(H,13,16). The lowest BCUT2D eigenvalue weighted by Crippen LogP contribution is -2.47. The van der Waals surface area contributed by atoms with E-state index in [0.29, 0.717) is 6.42 Å². The number of hydrogen-bond acceptors (Lipinski definition) is 5. The summed E-state index contributed by atoms with van der Waals surface area (Å²) in [5.41, 5.74) is -0.0883. The van der Waals surface area contributed by atoms with Gasteiger partial charge in [0.05, 0.1) is 10.7 Å². The van der Waals surface area contributed by atoms with E-state index >= 15 is 0 Å². The minimum atomic E-state index is -3.71. The van der Waals surface area contributed by atoms with E-state index in [-0.39, 0.29) is 36.2 Å². The van der Waals surface area contributed by atoms with Crippen LogP contribution in [0.2, 0.25) is 0 Å². The van der Waals surface area contributed by atoms with Gasteiger partial charge in [-0.05, 0) is 6.42 Å². The first-order valence-corrected chi connectivity index (χ1v) is 8.01. The van der Waals surface area contributed by atoms with Crippen LogP contribution in [0.4, 0.5) is 5.69 Å². The number of hydrogen-bond donors (Lipinski definition) is 2. The van der Waals surface area contributed by atoms with E-state index in [9.17, 15) is 23.3 Å². The number of para-hydroxylation sites is 1. The smallest absolute Gasteiger partial charge is 0.273 e. The van der Waals surface area contributed by atoms with Gasteiger partial charge in [0.1, 0.15) is 0 Å². The average molecular weight is 313 g/mol. The topological polar surface area (TPSA) is 118 Å². The average Bonchev–Trinajstić information content (AvgIpc) is 2.41. The molecular weight excluding hydrogens is 298 g/mol. The lowest BCUT2D eigenvalue weighted by atomic mass is 10.1. The fourth-order valence-electron chi connectivity index (χ4n) is 2.14. The second kappa shape index (κ2) is 6.19. The van der Waals surface area contributed by atoms with Crippen LogP contribution in [0.5, 0.6) is 0 Å². The number of benzene rings is 1. The molecule has 1 aliphatic heterocycles.